The van der Waals surface area contributed by atoms with Gasteiger partial charge in [-0.25, -0.2) is 9.97 Å². The van der Waals surface area contributed by atoms with Crippen LogP contribution in [-0.4, -0.2) is 62.3 Å². The van der Waals surface area contributed by atoms with Gasteiger partial charge in [0.15, 0.2) is 0 Å². The van der Waals surface area contributed by atoms with Gasteiger partial charge >= 0.3 is 0 Å². The van der Waals surface area contributed by atoms with E-state index in [2.05, 4.69) is 71.1 Å². The summed E-state index contributed by atoms with van der Waals surface area (Å²) in [7, 11) is 5.88. The molecule has 6 heteroatoms. The lowest BCUT2D eigenvalue weighted by Gasteiger charge is -2.37. The molecule has 30 heavy (non-hydrogen) atoms. The summed E-state index contributed by atoms with van der Waals surface area (Å²) in [4.78, 5) is 16.4. The molecule has 0 atom stereocenters. The lowest BCUT2D eigenvalue weighted by Crippen LogP contribution is -2.47. The van der Waals surface area contributed by atoms with E-state index in [1.54, 1.807) is 7.11 Å². The van der Waals surface area contributed by atoms with Gasteiger partial charge in [0.25, 0.3) is 0 Å². The van der Waals surface area contributed by atoms with Crippen LogP contribution in [0, 0.1) is 6.92 Å². The second-order valence-corrected chi connectivity index (χ2v) is 8.13. The number of rotatable bonds is 5. The Hall–Kier alpha value is -3.02. The SMILES string of the molecule is COc1ccc(N2CCN(c3ccc(C)cn3)CC2)c(C2=CC=C(N(C)C)CC2)n1. The van der Waals surface area contributed by atoms with Crippen LogP contribution in [0.2, 0.25) is 0 Å². The minimum Gasteiger partial charge on any atom is -0.481 e. The highest BCUT2D eigenvalue weighted by atomic mass is 16.5. The summed E-state index contributed by atoms with van der Waals surface area (Å²) in [5.41, 5.74) is 6.06. The fraction of sp³-hybridized carbons (Fsp3) is 0.417. The van der Waals surface area contributed by atoms with Gasteiger partial charge in [0, 0.05) is 58.2 Å². The van der Waals surface area contributed by atoms with Crippen LogP contribution in [0.25, 0.3) is 5.57 Å². The van der Waals surface area contributed by atoms with E-state index in [1.165, 1.54) is 22.5 Å². The topological polar surface area (TPSA) is 44.7 Å². The summed E-state index contributed by atoms with van der Waals surface area (Å²) in [5, 5.41) is 0. The van der Waals surface area contributed by atoms with Crippen molar-refractivity contribution < 1.29 is 4.74 Å². The molecular weight excluding hydrogens is 374 g/mol. The van der Waals surface area contributed by atoms with Gasteiger partial charge in [-0.3, -0.25) is 0 Å². The maximum Gasteiger partial charge on any atom is 0.213 e. The van der Waals surface area contributed by atoms with Crippen LogP contribution in [0.4, 0.5) is 11.5 Å². The molecule has 2 aromatic heterocycles. The number of aromatic nitrogens is 2. The first-order valence-corrected chi connectivity index (χ1v) is 10.6. The monoisotopic (exact) mass is 405 g/mol. The molecule has 0 radical (unpaired) electrons. The zero-order chi connectivity index (χ0) is 21.1. The van der Waals surface area contributed by atoms with Crippen LogP contribution in [0.3, 0.4) is 0 Å². The van der Waals surface area contributed by atoms with Gasteiger partial charge in [0.05, 0.1) is 18.5 Å². The van der Waals surface area contributed by atoms with Crippen LogP contribution < -0.4 is 14.5 Å². The van der Waals surface area contributed by atoms with Crippen molar-refractivity contribution in [2.75, 3.05) is 57.2 Å². The summed E-state index contributed by atoms with van der Waals surface area (Å²) in [5.74, 6) is 1.73. The molecule has 0 bridgehead atoms. The average molecular weight is 406 g/mol. The highest BCUT2D eigenvalue weighted by Gasteiger charge is 2.23. The minimum atomic E-state index is 0.666. The molecule has 1 aliphatic heterocycles. The number of anilines is 2. The predicted molar refractivity (Wildman–Crippen MR) is 123 cm³/mol. The fourth-order valence-corrected chi connectivity index (χ4v) is 4.06. The Bertz CT molecular complexity index is 941. The van der Waals surface area contributed by atoms with E-state index >= 15 is 0 Å². The average Bonchev–Trinajstić information content (AvgIpc) is 2.79. The number of methoxy groups -OCH3 is 1. The molecule has 6 nitrogen and oxygen atoms in total. The molecule has 0 unspecified atom stereocenters. The molecule has 0 amide bonds. The van der Waals surface area contributed by atoms with Gasteiger partial charge in [-0.1, -0.05) is 12.1 Å². The first kappa shape index (κ1) is 20.3. The highest BCUT2D eigenvalue weighted by Crippen LogP contribution is 2.34. The summed E-state index contributed by atoms with van der Waals surface area (Å²) in [6.07, 6.45) is 8.40. The third-order valence-electron chi connectivity index (χ3n) is 5.90. The molecule has 0 spiro atoms. The first-order valence-electron chi connectivity index (χ1n) is 10.6. The summed E-state index contributed by atoms with van der Waals surface area (Å²) in [6, 6.07) is 8.38. The lowest BCUT2D eigenvalue weighted by molar-refractivity contribution is 0.397. The van der Waals surface area contributed by atoms with Gasteiger partial charge in [-0.05, 0) is 49.1 Å². The standard InChI is InChI=1S/C24H31N5O/c1-18-5-11-22(25-17-18)29-15-13-28(14-16-29)21-10-12-23(30-4)26-24(21)19-6-8-20(9-7-19)27(2)3/h5-6,8,10-12,17H,7,9,13-16H2,1-4H3. The number of hydrogen-bond donors (Lipinski definition) is 0. The molecule has 1 fully saturated rings. The molecule has 0 saturated carbocycles. The quantitative estimate of drug-likeness (QED) is 0.755. The van der Waals surface area contributed by atoms with Gasteiger partial charge < -0.3 is 19.4 Å². The number of hydrogen-bond acceptors (Lipinski definition) is 6. The molecule has 0 N–H and O–H groups in total. The van der Waals surface area contributed by atoms with Crippen LogP contribution in [0.15, 0.2) is 48.3 Å². The van der Waals surface area contributed by atoms with E-state index in [-0.39, 0.29) is 0 Å². The van der Waals surface area contributed by atoms with Crippen LogP contribution in [-0.2, 0) is 0 Å². The van der Waals surface area contributed by atoms with Gasteiger partial charge in [-0.2, -0.15) is 0 Å². The molecular formula is C24H31N5O. The van der Waals surface area contributed by atoms with E-state index in [0.29, 0.717) is 5.88 Å². The number of ether oxygens (including phenoxy) is 1. The molecule has 1 aliphatic carbocycles. The molecule has 2 aromatic rings. The molecule has 3 heterocycles. The zero-order valence-electron chi connectivity index (χ0n) is 18.4. The van der Waals surface area contributed by atoms with Crippen molar-refractivity contribution in [3.05, 3.63) is 59.6 Å². The zero-order valence-corrected chi connectivity index (χ0v) is 18.4. The maximum atomic E-state index is 5.43. The van der Waals surface area contributed by atoms with Crippen LogP contribution >= 0.6 is 0 Å². The van der Waals surface area contributed by atoms with Crippen LogP contribution in [0.5, 0.6) is 5.88 Å². The van der Waals surface area contributed by atoms with E-state index in [1.807, 2.05) is 12.3 Å². The van der Waals surface area contributed by atoms with Gasteiger partial charge in [0.2, 0.25) is 5.88 Å². The van der Waals surface area contributed by atoms with E-state index in [4.69, 9.17) is 9.72 Å². The maximum absolute atomic E-state index is 5.43. The minimum absolute atomic E-state index is 0.666. The van der Waals surface area contributed by atoms with Crippen molar-refractivity contribution in [3.8, 4) is 5.88 Å². The second-order valence-electron chi connectivity index (χ2n) is 8.13. The van der Waals surface area contributed by atoms with Crippen LogP contribution in [0.1, 0.15) is 24.1 Å². The normalized spacial score (nSPS) is 16.8. The van der Waals surface area contributed by atoms with E-state index < -0.39 is 0 Å². The molecule has 0 aromatic carbocycles. The third kappa shape index (κ3) is 4.27. The fourth-order valence-electron chi connectivity index (χ4n) is 4.06. The molecule has 4 rings (SSSR count). The Morgan fingerprint density at radius 1 is 0.933 bits per heavy atom. The lowest BCUT2D eigenvalue weighted by atomic mass is 9.97. The first-order chi connectivity index (χ1) is 14.5. The molecule has 2 aliphatic rings. The number of nitrogens with zero attached hydrogens (tertiary/aromatic N) is 5. The van der Waals surface area contributed by atoms with Crippen molar-refractivity contribution >= 4 is 17.1 Å². The molecule has 1 saturated heterocycles. The van der Waals surface area contributed by atoms with Gasteiger partial charge in [-0.15, -0.1) is 0 Å². The Labute approximate surface area is 179 Å². The summed E-state index contributed by atoms with van der Waals surface area (Å²) in [6.45, 7) is 5.87. The second kappa shape index (κ2) is 8.78. The summed E-state index contributed by atoms with van der Waals surface area (Å²) < 4.78 is 5.43. The van der Waals surface area contributed by atoms with E-state index in [9.17, 15) is 0 Å². The Morgan fingerprint density at radius 3 is 2.30 bits per heavy atom. The summed E-state index contributed by atoms with van der Waals surface area (Å²) >= 11 is 0. The third-order valence-corrected chi connectivity index (χ3v) is 5.90. The number of pyridine rings is 2. The van der Waals surface area contributed by atoms with Crippen molar-refractivity contribution in [2.24, 2.45) is 0 Å². The Morgan fingerprint density at radius 2 is 1.70 bits per heavy atom. The van der Waals surface area contributed by atoms with Crippen molar-refractivity contribution in [1.29, 1.82) is 0 Å². The Balaban J connectivity index is 1.55. The van der Waals surface area contributed by atoms with Crippen molar-refractivity contribution in [3.63, 3.8) is 0 Å². The number of aryl methyl sites for hydroxylation is 1. The smallest absolute Gasteiger partial charge is 0.213 e. The van der Waals surface area contributed by atoms with E-state index in [0.717, 1.165) is 50.5 Å². The van der Waals surface area contributed by atoms with Crippen molar-refractivity contribution in [2.45, 2.75) is 19.8 Å². The largest absolute Gasteiger partial charge is 0.481 e. The van der Waals surface area contributed by atoms with Gasteiger partial charge in [0.1, 0.15) is 5.82 Å². The van der Waals surface area contributed by atoms with Crippen molar-refractivity contribution in [1.82, 2.24) is 14.9 Å². The molecule has 158 valence electrons. The highest BCUT2D eigenvalue weighted by molar-refractivity contribution is 5.77. The number of allylic oxidation sites excluding steroid dienone is 4. The number of piperazine rings is 1. The predicted octanol–water partition coefficient (Wildman–Crippen LogP) is 3.74. The Kier molecular flexibility index (Phi) is 5.93.